The average molecular weight is 319 g/mol. The lowest BCUT2D eigenvalue weighted by Crippen LogP contribution is -2.16. The molecule has 0 aromatic heterocycles. The number of nitrogens with two attached hydrogens (primary N) is 1. The summed E-state index contributed by atoms with van der Waals surface area (Å²) in [5.74, 6) is 0. The minimum atomic E-state index is 0.818. The molecule has 1 rings (SSSR count). The van der Waals surface area contributed by atoms with Crippen LogP contribution in [0.25, 0.3) is 0 Å². The van der Waals surface area contributed by atoms with Gasteiger partial charge in [0.25, 0.3) is 0 Å². The number of nitrogens with one attached hydrogen (secondary N) is 1. The Morgan fingerprint density at radius 2 is 2.13 bits per heavy atom. The molecule has 4 heteroatoms. The molecule has 3 N–H and O–H groups in total. The Balaban J connectivity index is 2.37. The second kappa shape index (κ2) is 6.17. The fraction of sp³-hybridized carbons (Fsp3) is 0.455. The Bertz CT molecular complexity index is 313. The molecule has 84 valence electrons. The lowest BCUT2D eigenvalue weighted by Gasteiger charge is -2.11. The molecule has 3 nitrogen and oxygen atoms in total. The highest BCUT2D eigenvalue weighted by atomic mass is 127. The fourth-order valence-corrected chi connectivity index (χ4v) is 2.02. The smallest absolute Gasteiger partial charge is 0.0477 e. The molecular weight excluding hydrogens is 301 g/mol. The number of nitrogen functional groups attached to an aromatic ring is 1. The number of rotatable bonds is 5. The summed E-state index contributed by atoms with van der Waals surface area (Å²) in [5.41, 5.74) is 7.67. The van der Waals surface area contributed by atoms with Gasteiger partial charge in [0.2, 0.25) is 0 Å². The second-order valence-electron chi connectivity index (χ2n) is 3.82. The van der Waals surface area contributed by atoms with Gasteiger partial charge in [-0.2, -0.15) is 0 Å². The zero-order chi connectivity index (χ0) is 11.3. The van der Waals surface area contributed by atoms with Crippen molar-refractivity contribution in [1.29, 1.82) is 0 Å². The Hall–Kier alpha value is -0.490. The van der Waals surface area contributed by atoms with Crippen LogP contribution in [0.1, 0.15) is 6.42 Å². The van der Waals surface area contributed by atoms with Gasteiger partial charge in [-0.3, -0.25) is 0 Å². The molecule has 0 aliphatic rings. The molecular formula is C11H18IN3. The SMILES string of the molecule is CN(C)CCCNc1ccc(N)cc1I. The summed E-state index contributed by atoms with van der Waals surface area (Å²) >= 11 is 2.30. The van der Waals surface area contributed by atoms with E-state index in [0.717, 1.165) is 25.2 Å². The van der Waals surface area contributed by atoms with Gasteiger partial charge >= 0.3 is 0 Å². The number of benzene rings is 1. The molecule has 0 unspecified atom stereocenters. The molecule has 0 fully saturated rings. The average Bonchev–Trinajstić information content (AvgIpc) is 2.14. The molecule has 1 aromatic carbocycles. The van der Waals surface area contributed by atoms with Crippen molar-refractivity contribution in [3.8, 4) is 0 Å². The van der Waals surface area contributed by atoms with Gasteiger partial charge in [-0.05, 0) is 67.9 Å². The van der Waals surface area contributed by atoms with Gasteiger partial charge < -0.3 is 16.0 Å². The third-order valence-corrected chi connectivity index (χ3v) is 2.98. The third-order valence-electron chi connectivity index (χ3n) is 2.09. The number of halogens is 1. The number of anilines is 2. The summed E-state index contributed by atoms with van der Waals surface area (Å²) in [5, 5.41) is 3.41. The first kappa shape index (κ1) is 12.6. The Morgan fingerprint density at radius 1 is 1.40 bits per heavy atom. The Morgan fingerprint density at radius 3 is 2.73 bits per heavy atom. The van der Waals surface area contributed by atoms with E-state index < -0.39 is 0 Å². The summed E-state index contributed by atoms with van der Waals surface area (Å²) in [6, 6.07) is 5.94. The third kappa shape index (κ3) is 4.70. The van der Waals surface area contributed by atoms with Crippen molar-refractivity contribution in [2.24, 2.45) is 0 Å². The monoisotopic (exact) mass is 319 g/mol. The molecule has 0 spiro atoms. The molecule has 1 aromatic rings. The maximum Gasteiger partial charge on any atom is 0.0477 e. The largest absolute Gasteiger partial charge is 0.399 e. The van der Waals surface area contributed by atoms with E-state index in [-0.39, 0.29) is 0 Å². The van der Waals surface area contributed by atoms with Gasteiger partial charge in [0.15, 0.2) is 0 Å². The highest BCUT2D eigenvalue weighted by Crippen LogP contribution is 2.20. The summed E-state index contributed by atoms with van der Waals surface area (Å²) < 4.78 is 1.18. The standard InChI is InChI=1S/C11H18IN3/c1-15(2)7-3-6-14-11-5-4-9(13)8-10(11)12/h4-5,8,14H,3,6-7,13H2,1-2H3. The topological polar surface area (TPSA) is 41.3 Å². The molecule has 0 saturated carbocycles. The van der Waals surface area contributed by atoms with E-state index in [4.69, 9.17) is 5.73 Å². The number of nitrogens with zero attached hydrogens (tertiary/aromatic N) is 1. The van der Waals surface area contributed by atoms with Crippen molar-refractivity contribution < 1.29 is 0 Å². The number of hydrogen-bond acceptors (Lipinski definition) is 3. The van der Waals surface area contributed by atoms with Crippen molar-refractivity contribution in [3.63, 3.8) is 0 Å². The van der Waals surface area contributed by atoms with Crippen LogP contribution in [0.5, 0.6) is 0 Å². The van der Waals surface area contributed by atoms with E-state index in [1.165, 1.54) is 9.26 Å². The van der Waals surface area contributed by atoms with E-state index in [1.54, 1.807) is 0 Å². The molecule has 0 aliphatic heterocycles. The molecule has 0 heterocycles. The predicted octanol–water partition coefficient (Wildman–Crippen LogP) is 2.24. The van der Waals surface area contributed by atoms with Crippen LogP contribution in [0.4, 0.5) is 11.4 Å². The maximum atomic E-state index is 5.68. The first-order valence-electron chi connectivity index (χ1n) is 5.03. The van der Waals surface area contributed by atoms with Gasteiger partial charge in [0.05, 0.1) is 0 Å². The van der Waals surface area contributed by atoms with Crippen molar-refractivity contribution >= 4 is 34.0 Å². The zero-order valence-corrected chi connectivity index (χ0v) is 11.4. The van der Waals surface area contributed by atoms with E-state index in [1.807, 2.05) is 18.2 Å². The van der Waals surface area contributed by atoms with Crippen LogP contribution in [0.3, 0.4) is 0 Å². The summed E-state index contributed by atoms with van der Waals surface area (Å²) in [4.78, 5) is 2.19. The van der Waals surface area contributed by atoms with E-state index in [0.29, 0.717) is 0 Å². The lowest BCUT2D eigenvalue weighted by molar-refractivity contribution is 0.405. The molecule has 0 saturated heterocycles. The van der Waals surface area contributed by atoms with E-state index in [2.05, 4.69) is 46.9 Å². The Labute approximate surface area is 105 Å². The van der Waals surface area contributed by atoms with E-state index >= 15 is 0 Å². The van der Waals surface area contributed by atoms with Crippen LogP contribution < -0.4 is 11.1 Å². The molecule has 15 heavy (non-hydrogen) atoms. The van der Waals surface area contributed by atoms with Gasteiger partial charge in [0, 0.05) is 21.5 Å². The van der Waals surface area contributed by atoms with Crippen molar-refractivity contribution in [3.05, 3.63) is 21.8 Å². The Kier molecular flexibility index (Phi) is 5.17. The minimum Gasteiger partial charge on any atom is -0.399 e. The highest BCUT2D eigenvalue weighted by molar-refractivity contribution is 14.1. The molecule has 0 bridgehead atoms. The summed E-state index contributed by atoms with van der Waals surface area (Å²) in [6.45, 7) is 2.11. The van der Waals surface area contributed by atoms with Crippen LogP contribution >= 0.6 is 22.6 Å². The fourth-order valence-electron chi connectivity index (χ4n) is 1.29. The van der Waals surface area contributed by atoms with Crippen molar-refractivity contribution in [2.45, 2.75) is 6.42 Å². The van der Waals surface area contributed by atoms with Crippen molar-refractivity contribution in [1.82, 2.24) is 4.90 Å². The van der Waals surface area contributed by atoms with Crippen LogP contribution in [0.15, 0.2) is 18.2 Å². The van der Waals surface area contributed by atoms with Gasteiger partial charge in [-0.1, -0.05) is 0 Å². The van der Waals surface area contributed by atoms with Gasteiger partial charge in [0.1, 0.15) is 0 Å². The summed E-state index contributed by atoms with van der Waals surface area (Å²) in [7, 11) is 4.18. The first-order valence-corrected chi connectivity index (χ1v) is 6.11. The molecule has 0 atom stereocenters. The zero-order valence-electron chi connectivity index (χ0n) is 9.26. The predicted molar refractivity (Wildman–Crippen MR) is 75.2 cm³/mol. The van der Waals surface area contributed by atoms with Crippen LogP contribution in [-0.2, 0) is 0 Å². The minimum absolute atomic E-state index is 0.818. The van der Waals surface area contributed by atoms with Crippen LogP contribution in [-0.4, -0.2) is 32.1 Å². The van der Waals surface area contributed by atoms with Crippen molar-refractivity contribution in [2.75, 3.05) is 38.2 Å². The van der Waals surface area contributed by atoms with Gasteiger partial charge in [-0.25, -0.2) is 0 Å². The summed E-state index contributed by atoms with van der Waals surface area (Å²) in [6.07, 6.45) is 1.15. The lowest BCUT2D eigenvalue weighted by atomic mass is 10.3. The molecule has 0 amide bonds. The van der Waals surface area contributed by atoms with E-state index in [9.17, 15) is 0 Å². The molecule has 0 aliphatic carbocycles. The number of hydrogen-bond donors (Lipinski definition) is 2. The quantitative estimate of drug-likeness (QED) is 0.497. The van der Waals surface area contributed by atoms with Gasteiger partial charge in [-0.15, -0.1) is 0 Å². The highest BCUT2D eigenvalue weighted by Gasteiger charge is 1.98. The second-order valence-corrected chi connectivity index (χ2v) is 4.99. The first-order chi connectivity index (χ1) is 7.09. The molecule has 0 radical (unpaired) electrons. The normalized spacial score (nSPS) is 10.7. The maximum absolute atomic E-state index is 5.68. The van der Waals surface area contributed by atoms with Crippen LogP contribution in [0, 0.1) is 3.57 Å². The van der Waals surface area contributed by atoms with Crippen LogP contribution in [0.2, 0.25) is 0 Å².